The van der Waals surface area contributed by atoms with Crippen molar-refractivity contribution in [1.82, 2.24) is 9.78 Å². The van der Waals surface area contributed by atoms with Crippen LogP contribution in [0.15, 0.2) is 12.4 Å². The van der Waals surface area contributed by atoms with E-state index in [0.717, 1.165) is 6.54 Å². The van der Waals surface area contributed by atoms with Crippen molar-refractivity contribution in [2.45, 2.75) is 26.4 Å². The van der Waals surface area contributed by atoms with Gasteiger partial charge in [-0.25, -0.2) is 0 Å². The molecule has 1 aromatic heterocycles. The average Bonchev–Trinajstić information content (AvgIpc) is 2.88. The molecule has 1 aliphatic heterocycles. The predicted molar refractivity (Wildman–Crippen MR) is 63.4 cm³/mol. The molecule has 1 amide bonds. The van der Waals surface area contributed by atoms with E-state index in [4.69, 9.17) is 10.5 Å². The monoisotopic (exact) mass is 238 g/mol. The molecule has 17 heavy (non-hydrogen) atoms. The van der Waals surface area contributed by atoms with E-state index in [0.29, 0.717) is 18.9 Å². The lowest BCUT2D eigenvalue weighted by Crippen LogP contribution is -2.47. The molecule has 1 aliphatic rings. The normalized spacial score (nSPS) is 28.3. The summed E-state index contributed by atoms with van der Waals surface area (Å²) in [7, 11) is 0. The molecule has 1 saturated heterocycles. The summed E-state index contributed by atoms with van der Waals surface area (Å²) in [6.07, 6.45) is 3.43. The van der Waals surface area contributed by atoms with Crippen molar-refractivity contribution in [2.75, 3.05) is 18.5 Å². The minimum absolute atomic E-state index is 0.113. The van der Waals surface area contributed by atoms with Gasteiger partial charge in [0.05, 0.1) is 30.5 Å². The highest BCUT2D eigenvalue weighted by molar-refractivity contribution is 5.95. The number of anilines is 1. The van der Waals surface area contributed by atoms with E-state index in [2.05, 4.69) is 10.4 Å². The van der Waals surface area contributed by atoms with Gasteiger partial charge in [-0.2, -0.15) is 5.10 Å². The Hall–Kier alpha value is -1.40. The number of carbonyl (C=O) groups excluding carboxylic acids is 1. The maximum absolute atomic E-state index is 12.1. The Morgan fingerprint density at radius 3 is 3.12 bits per heavy atom. The average molecular weight is 238 g/mol. The first-order valence-corrected chi connectivity index (χ1v) is 5.73. The third-order valence-electron chi connectivity index (χ3n) is 3.25. The lowest BCUT2D eigenvalue weighted by molar-refractivity contribution is -0.125. The molecule has 2 atom stereocenters. The summed E-state index contributed by atoms with van der Waals surface area (Å²) in [6.45, 7) is 5.38. The van der Waals surface area contributed by atoms with Crippen LogP contribution in [-0.2, 0) is 16.1 Å². The zero-order chi connectivity index (χ0) is 12.5. The van der Waals surface area contributed by atoms with Crippen LogP contribution in [0.3, 0.4) is 0 Å². The van der Waals surface area contributed by atoms with Gasteiger partial charge in [-0.05, 0) is 13.8 Å². The minimum Gasteiger partial charge on any atom is -0.379 e. The lowest BCUT2D eigenvalue weighted by Gasteiger charge is -2.24. The van der Waals surface area contributed by atoms with E-state index in [1.54, 1.807) is 17.1 Å². The second-order valence-corrected chi connectivity index (χ2v) is 4.58. The molecule has 0 spiro atoms. The van der Waals surface area contributed by atoms with E-state index in [-0.39, 0.29) is 11.9 Å². The Morgan fingerprint density at radius 1 is 1.82 bits per heavy atom. The molecule has 3 N–H and O–H groups in total. The molecule has 1 aromatic rings. The molecule has 0 saturated carbocycles. The number of nitrogens with zero attached hydrogens (tertiary/aromatic N) is 2. The minimum atomic E-state index is -0.658. The summed E-state index contributed by atoms with van der Waals surface area (Å²) in [6, 6.07) is -0.260. The summed E-state index contributed by atoms with van der Waals surface area (Å²) in [5, 5.41) is 6.92. The Morgan fingerprint density at radius 2 is 2.59 bits per heavy atom. The highest BCUT2D eigenvalue weighted by Crippen LogP contribution is 2.28. The molecule has 1 fully saturated rings. The number of carbonyl (C=O) groups is 1. The molecular formula is C11H18N4O2. The van der Waals surface area contributed by atoms with Crippen LogP contribution in [0.1, 0.15) is 13.8 Å². The first-order chi connectivity index (χ1) is 8.06. The zero-order valence-electron chi connectivity index (χ0n) is 10.1. The Balaban J connectivity index is 2.06. The van der Waals surface area contributed by atoms with Gasteiger partial charge < -0.3 is 15.8 Å². The summed E-state index contributed by atoms with van der Waals surface area (Å²) < 4.78 is 7.00. The fraction of sp³-hybridized carbons (Fsp3) is 0.636. The lowest BCUT2D eigenvalue weighted by atomic mass is 9.85. The number of aromatic nitrogens is 2. The van der Waals surface area contributed by atoms with Gasteiger partial charge in [0.25, 0.3) is 0 Å². The topological polar surface area (TPSA) is 82.2 Å². The van der Waals surface area contributed by atoms with E-state index >= 15 is 0 Å². The van der Waals surface area contributed by atoms with Gasteiger partial charge in [-0.15, -0.1) is 0 Å². The van der Waals surface area contributed by atoms with Crippen LogP contribution in [0.4, 0.5) is 5.69 Å². The second-order valence-electron chi connectivity index (χ2n) is 4.58. The largest absolute Gasteiger partial charge is 0.379 e. The Kier molecular flexibility index (Phi) is 3.17. The number of rotatable bonds is 3. The molecule has 0 radical (unpaired) electrons. The summed E-state index contributed by atoms with van der Waals surface area (Å²) >= 11 is 0. The Labute approximate surface area is 100 Å². The van der Waals surface area contributed by atoms with Crippen LogP contribution in [0, 0.1) is 5.41 Å². The maximum Gasteiger partial charge on any atom is 0.234 e. The van der Waals surface area contributed by atoms with Crippen LogP contribution < -0.4 is 11.1 Å². The van der Waals surface area contributed by atoms with Gasteiger partial charge in [0.2, 0.25) is 5.91 Å². The fourth-order valence-corrected chi connectivity index (χ4v) is 1.80. The zero-order valence-corrected chi connectivity index (χ0v) is 10.1. The SMILES string of the molecule is CCn1cc(NC(=O)C2(C)COCC2N)cn1. The number of hydrogen-bond donors (Lipinski definition) is 2. The van der Waals surface area contributed by atoms with E-state index < -0.39 is 5.41 Å². The molecule has 0 aromatic carbocycles. The summed E-state index contributed by atoms with van der Waals surface area (Å²) in [5.74, 6) is -0.113. The van der Waals surface area contributed by atoms with Gasteiger partial charge in [-0.1, -0.05) is 0 Å². The van der Waals surface area contributed by atoms with Crippen molar-refractivity contribution in [3.63, 3.8) is 0 Å². The highest BCUT2D eigenvalue weighted by atomic mass is 16.5. The summed E-state index contributed by atoms with van der Waals surface area (Å²) in [5.41, 5.74) is 5.93. The predicted octanol–water partition coefficient (Wildman–Crippen LogP) is 0.205. The van der Waals surface area contributed by atoms with Gasteiger partial charge >= 0.3 is 0 Å². The van der Waals surface area contributed by atoms with Crippen molar-refractivity contribution >= 4 is 11.6 Å². The first-order valence-electron chi connectivity index (χ1n) is 5.73. The van der Waals surface area contributed by atoms with Crippen LogP contribution in [-0.4, -0.2) is 34.9 Å². The highest BCUT2D eigenvalue weighted by Gasteiger charge is 2.44. The molecule has 2 unspecified atom stereocenters. The molecule has 0 bridgehead atoms. The number of ether oxygens (including phenoxy) is 1. The Bertz CT molecular complexity index is 417. The van der Waals surface area contributed by atoms with Crippen molar-refractivity contribution in [2.24, 2.45) is 11.1 Å². The van der Waals surface area contributed by atoms with E-state index in [1.807, 2.05) is 13.8 Å². The van der Waals surface area contributed by atoms with Gasteiger partial charge in [0.15, 0.2) is 0 Å². The van der Waals surface area contributed by atoms with Crippen molar-refractivity contribution in [1.29, 1.82) is 0 Å². The smallest absolute Gasteiger partial charge is 0.234 e. The quantitative estimate of drug-likeness (QED) is 0.788. The molecule has 94 valence electrons. The molecule has 2 heterocycles. The first kappa shape index (κ1) is 12.1. The number of nitrogens with two attached hydrogens (primary N) is 1. The van der Waals surface area contributed by atoms with Crippen LogP contribution >= 0.6 is 0 Å². The maximum atomic E-state index is 12.1. The second kappa shape index (κ2) is 4.46. The van der Waals surface area contributed by atoms with Crippen molar-refractivity contribution in [3.8, 4) is 0 Å². The molecular weight excluding hydrogens is 220 g/mol. The van der Waals surface area contributed by atoms with Gasteiger partial charge in [0, 0.05) is 18.8 Å². The summed E-state index contributed by atoms with van der Waals surface area (Å²) in [4.78, 5) is 12.1. The number of amides is 1. The molecule has 0 aliphatic carbocycles. The third kappa shape index (κ3) is 2.18. The number of aryl methyl sites for hydroxylation is 1. The fourth-order valence-electron chi connectivity index (χ4n) is 1.80. The van der Waals surface area contributed by atoms with Gasteiger partial charge in [0.1, 0.15) is 0 Å². The van der Waals surface area contributed by atoms with Crippen LogP contribution in [0.25, 0.3) is 0 Å². The number of nitrogens with one attached hydrogen (secondary N) is 1. The standard InChI is InChI=1S/C11H18N4O2/c1-3-15-5-8(4-13-15)14-10(16)11(2)7-17-6-9(11)12/h4-5,9H,3,6-7,12H2,1-2H3,(H,14,16). The third-order valence-corrected chi connectivity index (χ3v) is 3.25. The van der Waals surface area contributed by atoms with Crippen molar-refractivity contribution in [3.05, 3.63) is 12.4 Å². The van der Waals surface area contributed by atoms with Crippen molar-refractivity contribution < 1.29 is 9.53 Å². The van der Waals surface area contributed by atoms with Crippen LogP contribution in [0.2, 0.25) is 0 Å². The van der Waals surface area contributed by atoms with Crippen LogP contribution in [0.5, 0.6) is 0 Å². The van der Waals surface area contributed by atoms with Gasteiger partial charge in [-0.3, -0.25) is 9.48 Å². The molecule has 6 nitrogen and oxygen atoms in total. The van der Waals surface area contributed by atoms with E-state index in [9.17, 15) is 4.79 Å². The van der Waals surface area contributed by atoms with E-state index in [1.165, 1.54) is 0 Å². The number of hydrogen-bond acceptors (Lipinski definition) is 4. The molecule has 2 rings (SSSR count). The molecule has 6 heteroatoms.